The van der Waals surface area contributed by atoms with Crippen LogP contribution in [0.2, 0.25) is 0 Å². The number of amides is 1. The van der Waals surface area contributed by atoms with Crippen molar-refractivity contribution in [2.75, 3.05) is 19.7 Å². The molecule has 2 heterocycles. The van der Waals surface area contributed by atoms with Gasteiger partial charge in [0.2, 0.25) is 0 Å². The van der Waals surface area contributed by atoms with Gasteiger partial charge in [0, 0.05) is 18.2 Å². The Morgan fingerprint density at radius 3 is 2.92 bits per heavy atom. The van der Waals surface area contributed by atoms with Crippen molar-refractivity contribution in [2.24, 2.45) is 5.41 Å². The van der Waals surface area contributed by atoms with Crippen LogP contribution in [-0.4, -0.2) is 36.5 Å². The van der Waals surface area contributed by atoms with Crippen molar-refractivity contribution in [3.63, 3.8) is 0 Å². The third-order valence-corrected chi connectivity index (χ3v) is 6.44. The first-order valence-corrected chi connectivity index (χ1v) is 10.4. The molecule has 1 aliphatic heterocycles. The summed E-state index contributed by atoms with van der Waals surface area (Å²) in [6.07, 6.45) is 3.48. The summed E-state index contributed by atoms with van der Waals surface area (Å²) in [6.45, 7) is 5.39. The fourth-order valence-corrected chi connectivity index (χ4v) is 4.84. The monoisotopic (exact) mass is 370 g/mol. The van der Waals surface area contributed by atoms with Crippen LogP contribution in [0.15, 0.2) is 41.1 Å². The molecule has 2 aromatic rings. The van der Waals surface area contributed by atoms with Crippen LogP contribution in [0.25, 0.3) is 0 Å². The van der Waals surface area contributed by atoms with Crippen LogP contribution >= 0.6 is 11.3 Å². The largest absolute Gasteiger partial charge is 0.494 e. The van der Waals surface area contributed by atoms with Gasteiger partial charge in [-0.2, -0.15) is 11.3 Å². The number of benzene rings is 1. The second-order valence-corrected chi connectivity index (χ2v) is 8.14. The Morgan fingerprint density at radius 2 is 2.19 bits per heavy atom. The van der Waals surface area contributed by atoms with Crippen LogP contribution in [0.3, 0.4) is 0 Å². The molecule has 1 aromatic heterocycles. The summed E-state index contributed by atoms with van der Waals surface area (Å²) < 4.78 is 5.59. The molecule has 4 rings (SSSR count). The second-order valence-electron chi connectivity index (χ2n) is 7.36. The summed E-state index contributed by atoms with van der Waals surface area (Å²) in [5.41, 5.74) is 2.27. The van der Waals surface area contributed by atoms with Crippen LogP contribution in [-0.2, 0) is 6.54 Å². The van der Waals surface area contributed by atoms with Gasteiger partial charge in [-0.05, 0) is 85.3 Å². The minimum atomic E-state index is 0.123. The van der Waals surface area contributed by atoms with Crippen molar-refractivity contribution in [3.05, 3.63) is 52.2 Å². The second kappa shape index (κ2) is 7.41. The third kappa shape index (κ3) is 3.51. The topological polar surface area (TPSA) is 41.6 Å². The molecule has 1 saturated carbocycles. The average Bonchev–Trinajstić information content (AvgIpc) is 3.09. The van der Waals surface area contributed by atoms with E-state index in [1.807, 2.05) is 31.2 Å². The lowest BCUT2D eigenvalue weighted by molar-refractivity contribution is 0.0692. The lowest BCUT2D eigenvalue weighted by Crippen LogP contribution is -2.39. The Bertz CT molecular complexity index is 753. The van der Waals surface area contributed by atoms with Crippen molar-refractivity contribution >= 4 is 17.2 Å². The molecule has 2 fully saturated rings. The van der Waals surface area contributed by atoms with Crippen molar-refractivity contribution in [1.29, 1.82) is 0 Å². The zero-order valence-corrected chi connectivity index (χ0v) is 16.1. The number of carbonyl (C=O) groups is 1. The molecule has 1 aromatic carbocycles. The van der Waals surface area contributed by atoms with Crippen LogP contribution in [0.1, 0.15) is 42.1 Å². The molecule has 1 amide bonds. The first-order chi connectivity index (χ1) is 12.7. The van der Waals surface area contributed by atoms with E-state index in [9.17, 15) is 4.79 Å². The highest BCUT2D eigenvalue weighted by molar-refractivity contribution is 7.07. The van der Waals surface area contributed by atoms with Gasteiger partial charge >= 0.3 is 0 Å². The summed E-state index contributed by atoms with van der Waals surface area (Å²) >= 11 is 1.69. The predicted octanol–water partition coefficient (Wildman–Crippen LogP) is 3.93. The molecule has 2 aliphatic rings. The number of hydrogen-bond acceptors (Lipinski definition) is 4. The summed E-state index contributed by atoms with van der Waals surface area (Å²) in [5, 5.41) is 7.68. The van der Waals surface area contributed by atoms with Gasteiger partial charge in [-0.15, -0.1) is 0 Å². The maximum atomic E-state index is 13.4. The van der Waals surface area contributed by atoms with Gasteiger partial charge in [0.25, 0.3) is 5.91 Å². The zero-order chi connectivity index (χ0) is 18.0. The van der Waals surface area contributed by atoms with E-state index >= 15 is 0 Å². The number of thiophene rings is 1. The quantitative estimate of drug-likeness (QED) is 0.838. The highest BCUT2D eigenvalue weighted by atomic mass is 32.1. The molecule has 1 saturated heterocycles. The lowest BCUT2D eigenvalue weighted by atomic mass is 9.93. The van der Waals surface area contributed by atoms with Gasteiger partial charge in [0.15, 0.2) is 0 Å². The number of hydrogen-bond donors (Lipinski definition) is 1. The van der Waals surface area contributed by atoms with Gasteiger partial charge in [-0.25, -0.2) is 0 Å². The predicted molar refractivity (Wildman–Crippen MR) is 105 cm³/mol. The maximum absolute atomic E-state index is 13.4. The van der Waals surface area contributed by atoms with Gasteiger partial charge in [0.05, 0.1) is 6.61 Å². The van der Waals surface area contributed by atoms with E-state index in [4.69, 9.17) is 4.74 Å². The van der Waals surface area contributed by atoms with Crippen LogP contribution in [0, 0.1) is 5.41 Å². The summed E-state index contributed by atoms with van der Waals surface area (Å²) in [7, 11) is 0. The fraction of sp³-hybridized carbons (Fsp3) is 0.476. The number of carbonyl (C=O) groups excluding carboxylic acids is 1. The van der Waals surface area contributed by atoms with Crippen LogP contribution in [0.4, 0.5) is 0 Å². The van der Waals surface area contributed by atoms with Gasteiger partial charge in [0.1, 0.15) is 5.75 Å². The molecule has 1 aliphatic carbocycles. The number of piperidine rings is 1. The van der Waals surface area contributed by atoms with E-state index < -0.39 is 0 Å². The minimum absolute atomic E-state index is 0.123. The molecule has 0 radical (unpaired) electrons. The first-order valence-electron chi connectivity index (χ1n) is 9.47. The van der Waals surface area contributed by atoms with E-state index in [1.165, 1.54) is 18.4 Å². The number of nitrogens with one attached hydrogen (secondary N) is 1. The van der Waals surface area contributed by atoms with Crippen molar-refractivity contribution in [1.82, 2.24) is 10.2 Å². The highest BCUT2D eigenvalue weighted by Crippen LogP contribution is 2.56. The summed E-state index contributed by atoms with van der Waals surface area (Å²) in [4.78, 5) is 15.5. The van der Waals surface area contributed by atoms with Crippen LogP contribution < -0.4 is 10.1 Å². The number of nitrogens with zero attached hydrogens (tertiary/aromatic N) is 1. The molecule has 0 bridgehead atoms. The fourth-order valence-electron chi connectivity index (χ4n) is 4.18. The highest BCUT2D eigenvalue weighted by Gasteiger charge is 2.57. The number of ether oxygens (including phenoxy) is 1. The molecule has 1 unspecified atom stereocenters. The molecule has 5 heteroatoms. The van der Waals surface area contributed by atoms with E-state index in [0.717, 1.165) is 30.8 Å². The van der Waals surface area contributed by atoms with Crippen molar-refractivity contribution in [2.45, 2.75) is 38.8 Å². The van der Waals surface area contributed by atoms with E-state index in [0.29, 0.717) is 24.6 Å². The van der Waals surface area contributed by atoms with Crippen molar-refractivity contribution in [3.8, 4) is 5.75 Å². The van der Waals surface area contributed by atoms with Crippen molar-refractivity contribution < 1.29 is 9.53 Å². The molecular weight excluding hydrogens is 344 g/mol. The van der Waals surface area contributed by atoms with E-state index in [2.05, 4.69) is 27.0 Å². The van der Waals surface area contributed by atoms with E-state index in [1.54, 1.807) is 11.3 Å². The standard InChI is InChI=1S/C21H26N2O2S/c1-2-25-18-5-3-4-17(12-18)20(24)23(14-16-6-11-26-15-16)19-13-21(19)7-9-22-10-8-21/h3-6,11-12,15,19,22H,2,7-10,13-14H2,1H3. The Hall–Kier alpha value is -1.85. The molecule has 1 atom stereocenters. The molecule has 26 heavy (non-hydrogen) atoms. The summed E-state index contributed by atoms with van der Waals surface area (Å²) in [5.74, 6) is 0.888. The Morgan fingerprint density at radius 1 is 1.35 bits per heavy atom. The molecule has 4 nitrogen and oxygen atoms in total. The Kier molecular flexibility index (Phi) is 5.00. The Balaban J connectivity index is 1.58. The molecule has 138 valence electrons. The van der Waals surface area contributed by atoms with Gasteiger partial charge in [-0.1, -0.05) is 6.07 Å². The maximum Gasteiger partial charge on any atom is 0.254 e. The molecule has 1 spiro atoms. The van der Waals surface area contributed by atoms with Crippen LogP contribution in [0.5, 0.6) is 5.75 Å². The normalized spacial score (nSPS) is 20.7. The van der Waals surface area contributed by atoms with Gasteiger partial charge in [-0.3, -0.25) is 4.79 Å². The van der Waals surface area contributed by atoms with E-state index in [-0.39, 0.29) is 5.91 Å². The SMILES string of the molecule is CCOc1cccc(C(=O)N(Cc2ccsc2)C2CC23CCNCC3)c1. The first kappa shape index (κ1) is 17.6. The Labute approximate surface area is 159 Å². The zero-order valence-electron chi connectivity index (χ0n) is 15.2. The molecular formula is C21H26N2O2S. The molecule has 1 N–H and O–H groups in total. The third-order valence-electron chi connectivity index (χ3n) is 5.71. The number of rotatable bonds is 6. The lowest BCUT2D eigenvalue weighted by Gasteiger charge is -2.29. The summed E-state index contributed by atoms with van der Waals surface area (Å²) in [6, 6.07) is 10.1. The van der Waals surface area contributed by atoms with Gasteiger partial charge < -0.3 is 15.0 Å². The average molecular weight is 371 g/mol. The minimum Gasteiger partial charge on any atom is -0.494 e. The smallest absolute Gasteiger partial charge is 0.254 e.